The number of hydrogen-bond donors (Lipinski definition) is 1. The van der Waals surface area contributed by atoms with Crippen molar-refractivity contribution in [1.29, 1.82) is 0 Å². The fourth-order valence-electron chi connectivity index (χ4n) is 1.18. The van der Waals surface area contributed by atoms with Crippen molar-refractivity contribution >= 4 is 40.7 Å². The van der Waals surface area contributed by atoms with Crippen LogP contribution in [0.2, 0.25) is 5.02 Å². The molecule has 8 nitrogen and oxygen atoms in total. The van der Waals surface area contributed by atoms with Gasteiger partial charge in [0.15, 0.2) is 0 Å². The van der Waals surface area contributed by atoms with Gasteiger partial charge in [-0.15, -0.1) is 11.8 Å². The van der Waals surface area contributed by atoms with Crippen molar-refractivity contribution in [2.45, 2.75) is 11.3 Å². The van der Waals surface area contributed by atoms with Crippen LogP contribution in [0.1, 0.15) is 6.42 Å². The molecule has 0 spiro atoms. The lowest BCUT2D eigenvalue weighted by Crippen LogP contribution is -1.98. The molecular weight excluding hydrogens is 300 g/mol. The van der Waals surface area contributed by atoms with Crippen LogP contribution in [-0.4, -0.2) is 26.7 Å². The van der Waals surface area contributed by atoms with Gasteiger partial charge < -0.3 is 5.11 Å². The van der Waals surface area contributed by atoms with E-state index in [4.69, 9.17) is 16.7 Å². The lowest BCUT2D eigenvalue weighted by Gasteiger charge is -2.03. The summed E-state index contributed by atoms with van der Waals surface area (Å²) in [6, 6.07) is 1.87. The summed E-state index contributed by atoms with van der Waals surface area (Å²) in [5.41, 5.74) is -1.03. The number of thioether (sulfide) groups is 1. The molecular formula is C9H7ClN2O6S. The monoisotopic (exact) mass is 306 g/mol. The fourth-order valence-corrected chi connectivity index (χ4v) is 2.46. The smallest absolute Gasteiger partial charge is 0.304 e. The van der Waals surface area contributed by atoms with E-state index in [9.17, 15) is 25.0 Å². The number of aliphatic carboxylic acids is 1. The second-order valence-corrected chi connectivity index (χ2v) is 4.82. The topological polar surface area (TPSA) is 124 Å². The third-order valence-corrected chi connectivity index (χ3v) is 3.34. The maximum atomic E-state index is 10.8. The van der Waals surface area contributed by atoms with Gasteiger partial charge in [0.05, 0.1) is 27.2 Å². The maximum absolute atomic E-state index is 10.8. The van der Waals surface area contributed by atoms with Crippen LogP contribution in [0.4, 0.5) is 11.4 Å². The Morgan fingerprint density at radius 3 is 2.32 bits per heavy atom. The number of benzene rings is 1. The van der Waals surface area contributed by atoms with Gasteiger partial charge in [-0.05, 0) is 6.07 Å². The van der Waals surface area contributed by atoms with Gasteiger partial charge in [0.1, 0.15) is 5.02 Å². The maximum Gasteiger partial charge on any atom is 0.304 e. The molecule has 0 aromatic heterocycles. The highest BCUT2D eigenvalue weighted by Gasteiger charge is 2.23. The Morgan fingerprint density at radius 1 is 1.26 bits per heavy atom. The molecule has 10 heteroatoms. The summed E-state index contributed by atoms with van der Waals surface area (Å²) in [7, 11) is 0. The summed E-state index contributed by atoms with van der Waals surface area (Å²) in [5, 5.41) is 29.7. The van der Waals surface area contributed by atoms with Gasteiger partial charge in [0.25, 0.3) is 11.4 Å². The normalized spacial score (nSPS) is 10.2. The van der Waals surface area contributed by atoms with Gasteiger partial charge in [0.2, 0.25) is 0 Å². The highest BCUT2D eigenvalue weighted by Crippen LogP contribution is 2.37. The Morgan fingerprint density at radius 2 is 1.84 bits per heavy atom. The fraction of sp³-hybridized carbons (Fsp3) is 0.222. The SMILES string of the molecule is O=C(O)CCSc1cc(Cl)c([N+](=O)[O-])cc1[N+](=O)[O-]. The molecule has 19 heavy (non-hydrogen) atoms. The quantitative estimate of drug-likeness (QED) is 0.486. The summed E-state index contributed by atoms with van der Waals surface area (Å²) >= 11 is 6.56. The van der Waals surface area contributed by atoms with Crippen LogP contribution < -0.4 is 0 Å². The molecule has 1 aromatic carbocycles. The molecule has 1 rings (SSSR count). The second-order valence-electron chi connectivity index (χ2n) is 3.28. The Hall–Kier alpha value is -1.87. The van der Waals surface area contributed by atoms with Gasteiger partial charge >= 0.3 is 5.97 Å². The number of carbonyl (C=O) groups is 1. The zero-order chi connectivity index (χ0) is 14.6. The van der Waals surface area contributed by atoms with Crippen molar-refractivity contribution in [3.63, 3.8) is 0 Å². The molecule has 0 fully saturated rings. The first-order valence-corrected chi connectivity index (χ1v) is 6.16. The van der Waals surface area contributed by atoms with Gasteiger partial charge in [-0.1, -0.05) is 11.6 Å². The summed E-state index contributed by atoms with van der Waals surface area (Å²) < 4.78 is 0. The standard InChI is InChI=1S/C9H7ClN2O6S/c10-5-3-8(19-2-1-9(13)14)7(12(17)18)4-6(5)11(15)16/h3-4H,1-2H2,(H,13,14). The summed E-state index contributed by atoms with van der Waals surface area (Å²) in [6.07, 6.45) is -0.184. The van der Waals surface area contributed by atoms with E-state index in [2.05, 4.69) is 0 Å². The van der Waals surface area contributed by atoms with Crippen molar-refractivity contribution in [3.8, 4) is 0 Å². The molecule has 0 aliphatic carbocycles. The average molecular weight is 307 g/mol. The molecule has 0 aliphatic rings. The minimum atomic E-state index is -1.04. The number of nitro groups is 2. The average Bonchev–Trinajstić information content (AvgIpc) is 2.27. The molecule has 0 amide bonds. The second kappa shape index (κ2) is 6.34. The van der Waals surface area contributed by atoms with Gasteiger partial charge in [-0.25, -0.2) is 0 Å². The summed E-state index contributed by atoms with van der Waals surface area (Å²) in [4.78, 5) is 30.3. The van der Waals surface area contributed by atoms with E-state index in [1.807, 2.05) is 0 Å². The Kier molecular flexibility index (Phi) is 5.07. The first kappa shape index (κ1) is 15.2. The van der Waals surface area contributed by atoms with Gasteiger partial charge in [-0.3, -0.25) is 25.0 Å². The van der Waals surface area contributed by atoms with E-state index in [1.165, 1.54) is 0 Å². The molecule has 1 N–H and O–H groups in total. The zero-order valence-electron chi connectivity index (χ0n) is 9.24. The lowest BCUT2D eigenvalue weighted by atomic mass is 10.3. The van der Waals surface area contributed by atoms with Crippen molar-refractivity contribution in [2.75, 3.05) is 5.75 Å². The van der Waals surface area contributed by atoms with Gasteiger partial charge in [0, 0.05) is 5.75 Å². The molecule has 0 saturated heterocycles. The van der Waals surface area contributed by atoms with Crippen LogP contribution in [-0.2, 0) is 4.79 Å². The minimum Gasteiger partial charge on any atom is -0.481 e. The molecule has 0 saturated carbocycles. The van der Waals surface area contributed by atoms with Crippen LogP contribution >= 0.6 is 23.4 Å². The Labute approximate surface area is 115 Å². The van der Waals surface area contributed by atoms with E-state index < -0.39 is 27.2 Å². The molecule has 0 heterocycles. The third-order valence-electron chi connectivity index (χ3n) is 2.00. The zero-order valence-corrected chi connectivity index (χ0v) is 10.8. The van der Waals surface area contributed by atoms with Crippen LogP contribution in [0.5, 0.6) is 0 Å². The molecule has 0 aliphatic heterocycles. The number of halogens is 1. The minimum absolute atomic E-state index is 0.0989. The first-order chi connectivity index (χ1) is 8.82. The highest BCUT2D eigenvalue weighted by molar-refractivity contribution is 7.99. The van der Waals surface area contributed by atoms with Crippen LogP contribution in [0.3, 0.4) is 0 Å². The van der Waals surface area contributed by atoms with Crippen molar-refractivity contribution in [1.82, 2.24) is 0 Å². The highest BCUT2D eigenvalue weighted by atomic mass is 35.5. The Bertz CT molecular complexity index is 550. The number of hydrogen-bond acceptors (Lipinski definition) is 6. The van der Waals surface area contributed by atoms with E-state index in [0.717, 1.165) is 23.9 Å². The van der Waals surface area contributed by atoms with Crippen LogP contribution in [0.25, 0.3) is 0 Å². The third kappa shape index (κ3) is 4.07. The van der Waals surface area contributed by atoms with E-state index in [1.54, 1.807) is 0 Å². The molecule has 102 valence electrons. The molecule has 1 aromatic rings. The predicted octanol–water partition coefficient (Wildman–Crippen LogP) is 2.72. The largest absolute Gasteiger partial charge is 0.481 e. The van der Waals surface area contributed by atoms with E-state index in [0.29, 0.717) is 0 Å². The van der Waals surface area contributed by atoms with E-state index in [-0.39, 0.29) is 22.1 Å². The van der Waals surface area contributed by atoms with Gasteiger partial charge in [-0.2, -0.15) is 0 Å². The van der Waals surface area contributed by atoms with Crippen molar-refractivity contribution < 1.29 is 19.7 Å². The number of nitro benzene ring substituents is 2. The summed E-state index contributed by atoms with van der Waals surface area (Å²) in [5.74, 6) is -0.937. The van der Waals surface area contributed by atoms with Crippen molar-refractivity contribution in [3.05, 3.63) is 37.4 Å². The van der Waals surface area contributed by atoms with E-state index >= 15 is 0 Å². The first-order valence-electron chi connectivity index (χ1n) is 4.80. The molecule has 0 atom stereocenters. The van der Waals surface area contributed by atoms with Crippen LogP contribution in [0.15, 0.2) is 17.0 Å². The molecule has 0 bridgehead atoms. The Balaban J connectivity index is 3.09. The molecule has 0 radical (unpaired) electrons. The van der Waals surface area contributed by atoms with Crippen LogP contribution in [0, 0.1) is 20.2 Å². The summed E-state index contributed by atoms with van der Waals surface area (Å²) in [6.45, 7) is 0. The molecule has 0 unspecified atom stereocenters. The lowest BCUT2D eigenvalue weighted by molar-refractivity contribution is -0.395. The number of carboxylic acids is 1. The van der Waals surface area contributed by atoms with Crippen molar-refractivity contribution in [2.24, 2.45) is 0 Å². The number of rotatable bonds is 6. The number of nitrogens with zero attached hydrogens (tertiary/aromatic N) is 2. The number of carboxylic acid groups (broad SMARTS) is 1. The predicted molar refractivity (Wildman–Crippen MR) is 67.7 cm³/mol.